The summed E-state index contributed by atoms with van der Waals surface area (Å²) in [6.07, 6.45) is 3.02. The van der Waals surface area contributed by atoms with Crippen molar-refractivity contribution in [3.8, 4) is 0 Å². The standard InChI is InChI=1S/C18H26FN3O/c19-17-5-1-3-14(9-17)11-21-7-2-4-16(13-21)18(23)22-8-6-15(10-20)12-22/h1,3,5,9,15-16H,2,4,6-8,10-13,20H2. The van der Waals surface area contributed by atoms with Crippen LogP contribution in [0, 0.1) is 17.7 Å². The number of piperidine rings is 1. The van der Waals surface area contributed by atoms with Crippen molar-refractivity contribution in [1.29, 1.82) is 0 Å². The van der Waals surface area contributed by atoms with Gasteiger partial charge in [0.2, 0.25) is 5.91 Å². The van der Waals surface area contributed by atoms with E-state index >= 15 is 0 Å². The molecule has 2 fully saturated rings. The molecule has 5 heteroatoms. The first-order valence-electron chi connectivity index (χ1n) is 8.61. The second-order valence-corrected chi connectivity index (χ2v) is 6.88. The number of rotatable bonds is 4. The van der Waals surface area contributed by atoms with Crippen LogP contribution < -0.4 is 5.73 Å². The minimum atomic E-state index is -0.197. The monoisotopic (exact) mass is 319 g/mol. The number of nitrogens with two attached hydrogens (primary N) is 1. The Morgan fingerprint density at radius 2 is 2.13 bits per heavy atom. The Morgan fingerprint density at radius 3 is 2.87 bits per heavy atom. The van der Waals surface area contributed by atoms with Crippen molar-refractivity contribution in [3.63, 3.8) is 0 Å². The molecule has 2 unspecified atom stereocenters. The average molecular weight is 319 g/mol. The molecule has 2 heterocycles. The van der Waals surface area contributed by atoms with E-state index in [9.17, 15) is 9.18 Å². The summed E-state index contributed by atoms with van der Waals surface area (Å²) in [5, 5.41) is 0. The molecular formula is C18H26FN3O. The molecule has 126 valence electrons. The molecule has 1 aromatic carbocycles. The number of hydrogen-bond acceptors (Lipinski definition) is 3. The summed E-state index contributed by atoms with van der Waals surface area (Å²) < 4.78 is 13.3. The summed E-state index contributed by atoms with van der Waals surface area (Å²) in [6, 6.07) is 6.74. The molecule has 0 aromatic heterocycles. The molecule has 2 N–H and O–H groups in total. The van der Waals surface area contributed by atoms with E-state index in [4.69, 9.17) is 5.73 Å². The maximum absolute atomic E-state index is 13.3. The molecule has 4 nitrogen and oxygen atoms in total. The zero-order valence-electron chi connectivity index (χ0n) is 13.6. The molecule has 2 aliphatic rings. The quantitative estimate of drug-likeness (QED) is 0.921. The van der Waals surface area contributed by atoms with Crippen LogP contribution in [-0.2, 0) is 11.3 Å². The van der Waals surface area contributed by atoms with Gasteiger partial charge in [-0.2, -0.15) is 0 Å². The minimum Gasteiger partial charge on any atom is -0.342 e. The van der Waals surface area contributed by atoms with E-state index in [0.717, 1.165) is 51.0 Å². The van der Waals surface area contributed by atoms with Gasteiger partial charge in [-0.25, -0.2) is 4.39 Å². The third-order valence-corrected chi connectivity index (χ3v) is 5.08. The number of nitrogens with zero attached hydrogens (tertiary/aromatic N) is 2. The summed E-state index contributed by atoms with van der Waals surface area (Å²) in [5.74, 6) is 0.627. The zero-order chi connectivity index (χ0) is 16.2. The summed E-state index contributed by atoms with van der Waals surface area (Å²) in [7, 11) is 0. The second-order valence-electron chi connectivity index (χ2n) is 6.88. The fraction of sp³-hybridized carbons (Fsp3) is 0.611. The van der Waals surface area contributed by atoms with Crippen molar-refractivity contribution >= 4 is 5.91 Å². The third kappa shape index (κ3) is 4.09. The van der Waals surface area contributed by atoms with Gasteiger partial charge in [0.05, 0.1) is 5.92 Å². The van der Waals surface area contributed by atoms with E-state index in [1.54, 1.807) is 12.1 Å². The molecular weight excluding hydrogens is 293 g/mol. The SMILES string of the molecule is NCC1CCN(C(=O)C2CCCN(Cc3cccc(F)c3)C2)C1. The largest absolute Gasteiger partial charge is 0.342 e. The smallest absolute Gasteiger partial charge is 0.226 e. The number of halogens is 1. The first-order chi connectivity index (χ1) is 11.2. The van der Waals surface area contributed by atoms with Gasteiger partial charge in [-0.05, 0) is 56.0 Å². The lowest BCUT2D eigenvalue weighted by Gasteiger charge is -2.34. The Morgan fingerprint density at radius 1 is 1.26 bits per heavy atom. The van der Waals surface area contributed by atoms with Crippen molar-refractivity contribution in [2.24, 2.45) is 17.6 Å². The van der Waals surface area contributed by atoms with Crippen molar-refractivity contribution in [2.75, 3.05) is 32.7 Å². The Bertz CT molecular complexity index is 551. The Hall–Kier alpha value is -1.46. The first-order valence-corrected chi connectivity index (χ1v) is 8.61. The van der Waals surface area contributed by atoms with E-state index in [0.29, 0.717) is 19.0 Å². The maximum atomic E-state index is 13.3. The average Bonchev–Trinajstić information content (AvgIpc) is 3.03. The Labute approximate surface area is 137 Å². The molecule has 23 heavy (non-hydrogen) atoms. The molecule has 0 bridgehead atoms. The van der Waals surface area contributed by atoms with E-state index in [2.05, 4.69) is 4.90 Å². The van der Waals surface area contributed by atoms with Crippen LogP contribution in [0.2, 0.25) is 0 Å². The number of likely N-dealkylation sites (tertiary alicyclic amines) is 2. The molecule has 2 aliphatic heterocycles. The topological polar surface area (TPSA) is 49.6 Å². The number of hydrogen-bond donors (Lipinski definition) is 1. The van der Waals surface area contributed by atoms with E-state index in [-0.39, 0.29) is 17.6 Å². The second kappa shape index (κ2) is 7.41. The van der Waals surface area contributed by atoms with Crippen LogP contribution in [-0.4, -0.2) is 48.4 Å². The molecule has 2 saturated heterocycles. The van der Waals surface area contributed by atoms with Crippen LogP contribution >= 0.6 is 0 Å². The van der Waals surface area contributed by atoms with Crippen LogP contribution in [0.3, 0.4) is 0 Å². The van der Waals surface area contributed by atoms with Gasteiger partial charge in [0.25, 0.3) is 0 Å². The number of amides is 1. The predicted molar refractivity (Wildman–Crippen MR) is 88.1 cm³/mol. The fourth-order valence-electron chi connectivity index (χ4n) is 3.78. The normalized spacial score (nSPS) is 25.7. The molecule has 1 amide bonds. The van der Waals surface area contributed by atoms with Gasteiger partial charge >= 0.3 is 0 Å². The molecule has 2 atom stereocenters. The van der Waals surface area contributed by atoms with Gasteiger partial charge in [-0.3, -0.25) is 9.69 Å². The summed E-state index contributed by atoms with van der Waals surface area (Å²) in [6.45, 7) is 4.80. The molecule has 0 radical (unpaired) electrons. The van der Waals surface area contributed by atoms with Crippen molar-refractivity contribution < 1.29 is 9.18 Å². The fourth-order valence-corrected chi connectivity index (χ4v) is 3.78. The Balaban J connectivity index is 1.56. The van der Waals surface area contributed by atoms with Crippen LogP contribution in [0.15, 0.2) is 24.3 Å². The van der Waals surface area contributed by atoms with Gasteiger partial charge in [0, 0.05) is 26.2 Å². The van der Waals surface area contributed by atoms with Gasteiger partial charge in [-0.1, -0.05) is 12.1 Å². The van der Waals surface area contributed by atoms with Gasteiger partial charge in [-0.15, -0.1) is 0 Å². The lowest BCUT2D eigenvalue weighted by Crippen LogP contribution is -2.44. The highest BCUT2D eigenvalue weighted by molar-refractivity contribution is 5.79. The highest BCUT2D eigenvalue weighted by Gasteiger charge is 2.32. The molecule has 1 aromatic rings. The first kappa shape index (κ1) is 16.4. The van der Waals surface area contributed by atoms with Crippen LogP contribution in [0.5, 0.6) is 0 Å². The van der Waals surface area contributed by atoms with Gasteiger partial charge in [0.15, 0.2) is 0 Å². The van der Waals surface area contributed by atoms with Crippen molar-refractivity contribution in [1.82, 2.24) is 9.80 Å². The highest BCUT2D eigenvalue weighted by Crippen LogP contribution is 2.24. The molecule has 0 saturated carbocycles. The molecule has 0 spiro atoms. The van der Waals surface area contributed by atoms with Crippen molar-refractivity contribution in [3.05, 3.63) is 35.6 Å². The predicted octanol–water partition coefficient (Wildman–Crippen LogP) is 1.84. The van der Waals surface area contributed by atoms with Crippen molar-refractivity contribution in [2.45, 2.75) is 25.8 Å². The van der Waals surface area contributed by atoms with Gasteiger partial charge in [0.1, 0.15) is 5.82 Å². The molecule has 3 rings (SSSR count). The van der Waals surface area contributed by atoms with Crippen LogP contribution in [0.1, 0.15) is 24.8 Å². The molecule has 0 aliphatic carbocycles. The Kier molecular flexibility index (Phi) is 5.28. The number of benzene rings is 1. The highest BCUT2D eigenvalue weighted by atomic mass is 19.1. The van der Waals surface area contributed by atoms with E-state index in [1.165, 1.54) is 6.07 Å². The zero-order valence-corrected chi connectivity index (χ0v) is 13.6. The maximum Gasteiger partial charge on any atom is 0.226 e. The lowest BCUT2D eigenvalue weighted by molar-refractivity contribution is -0.136. The summed E-state index contributed by atoms with van der Waals surface area (Å²) in [5.41, 5.74) is 6.69. The van der Waals surface area contributed by atoms with Gasteiger partial charge < -0.3 is 10.6 Å². The summed E-state index contributed by atoms with van der Waals surface area (Å²) >= 11 is 0. The van der Waals surface area contributed by atoms with Crippen LogP contribution in [0.25, 0.3) is 0 Å². The number of carbonyl (C=O) groups is 1. The minimum absolute atomic E-state index is 0.0776. The van der Waals surface area contributed by atoms with E-state index in [1.807, 2.05) is 11.0 Å². The van der Waals surface area contributed by atoms with Crippen LogP contribution in [0.4, 0.5) is 4.39 Å². The lowest BCUT2D eigenvalue weighted by atomic mass is 9.96. The third-order valence-electron chi connectivity index (χ3n) is 5.08. The number of carbonyl (C=O) groups excluding carboxylic acids is 1. The van der Waals surface area contributed by atoms with E-state index < -0.39 is 0 Å². The summed E-state index contributed by atoms with van der Waals surface area (Å²) in [4.78, 5) is 17.0.